The van der Waals surface area contributed by atoms with E-state index in [1.165, 1.54) is 42.1 Å². The molecule has 5 atom stereocenters. The molecule has 1 aromatic carbocycles. The second-order valence-electron chi connectivity index (χ2n) is 9.17. The molecular formula is C23H33N5O2S. The standard InChI is InChI=1S/C23H33N5O2S/c1-13-6-5-7-14(2)21(13)30-12-20-26-27-23(28(20)24)31-16(4)22(29)25-15(3)19-11-17-8-9-18(19)10-17/h5-7,15-19H,8-12,24H2,1-4H3,(H,25,29). The van der Waals surface area contributed by atoms with Crippen LogP contribution in [0.15, 0.2) is 23.4 Å². The summed E-state index contributed by atoms with van der Waals surface area (Å²) in [5.74, 6) is 9.85. The van der Waals surface area contributed by atoms with Crippen LogP contribution in [0.1, 0.15) is 56.5 Å². The molecule has 8 heteroatoms. The molecule has 1 aromatic heterocycles. The molecule has 1 heterocycles. The molecule has 2 bridgehead atoms. The first kappa shape index (κ1) is 22.0. The van der Waals surface area contributed by atoms with Crippen LogP contribution in [0.2, 0.25) is 0 Å². The van der Waals surface area contributed by atoms with Crippen molar-refractivity contribution in [2.24, 2.45) is 17.8 Å². The third-order valence-electron chi connectivity index (χ3n) is 6.95. The zero-order valence-electron chi connectivity index (χ0n) is 18.8. The number of ether oxygens (including phenoxy) is 1. The topological polar surface area (TPSA) is 95.1 Å². The summed E-state index contributed by atoms with van der Waals surface area (Å²) in [6.07, 6.45) is 5.30. The number of nitrogen functional groups attached to an aromatic ring is 1. The minimum atomic E-state index is -0.306. The Kier molecular flexibility index (Phi) is 6.46. The number of benzene rings is 1. The van der Waals surface area contributed by atoms with Gasteiger partial charge in [-0.3, -0.25) is 4.79 Å². The smallest absolute Gasteiger partial charge is 0.233 e. The highest BCUT2D eigenvalue weighted by molar-refractivity contribution is 8.00. The fourth-order valence-corrected chi connectivity index (χ4v) is 6.01. The van der Waals surface area contributed by atoms with Gasteiger partial charge in [-0.1, -0.05) is 36.4 Å². The average molecular weight is 444 g/mol. The molecule has 5 unspecified atom stereocenters. The van der Waals surface area contributed by atoms with Crippen molar-refractivity contribution < 1.29 is 9.53 Å². The second kappa shape index (κ2) is 9.10. The number of aryl methyl sites for hydroxylation is 2. The van der Waals surface area contributed by atoms with Gasteiger partial charge in [0.2, 0.25) is 11.1 Å². The number of para-hydroxylation sites is 1. The lowest BCUT2D eigenvalue weighted by atomic mass is 9.84. The Morgan fingerprint density at radius 2 is 2.00 bits per heavy atom. The number of fused-ring (bicyclic) bond motifs is 2. The molecule has 2 fully saturated rings. The third-order valence-corrected chi connectivity index (χ3v) is 8.00. The van der Waals surface area contributed by atoms with Crippen molar-refractivity contribution in [3.8, 4) is 5.75 Å². The molecule has 4 rings (SSSR count). The van der Waals surface area contributed by atoms with Gasteiger partial charge in [0.05, 0.1) is 5.25 Å². The number of hydrogen-bond donors (Lipinski definition) is 2. The molecule has 2 saturated carbocycles. The van der Waals surface area contributed by atoms with Crippen LogP contribution in [0.3, 0.4) is 0 Å². The summed E-state index contributed by atoms with van der Waals surface area (Å²) in [5.41, 5.74) is 2.13. The molecule has 0 aliphatic heterocycles. The Bertz CT molecular complexity index is 926. The van der Waals surface area contributed by atoms with Crippen molar-refractivity contribution in [2.75, 3.05) is 5.84 Å². The Morgan fingerprint density at radius 1 is 1.26 bits per heavy atom. The van der Waals surface area contributed by atoms with E-state index in [9.17, 15) is 4.79 Å². The van der Waals surface area contributed by atoms with Gasteiger partial charge in [-0.25, -0.2) is 4.68 Å². The molecule has 2 aliphatic carbocycles. The highest BCUT2D eigenvalue weighted by Gasteiger charge is 2.42. The Morgan fingerprint density at radius 3 is 2.65 bits per heavy atom. The van der Waals surface area contributed by atoms with Gasteiger partial charge in [0.25, 0.3) is 0 Å². The van der Waals surface area contributed by atoms with Gasteiger partial charge in [-0.2, -0.15) is 0 Å². The van der Waals surface area contributed by atoms with Crippen LogP contribution in [0.25, 0.3) is 0 Å². The number of amides is 1. The summed E-state index contributed by atoms with van der Waals surface area (Å²) in [5, 5.41) is 11.8. The zero-order chi connectivity index (χ0) is 22.1. The van der Waals surface area contributed by atoms with Gasteiger partial charge in [0.15, 0.2) is 5.82 Å². The maximum Gasteiger partial charge on any atom is 0.233 e. The lowest BCUT2D eigenvalue weighted by Gasteiger charge is -2.29. The molecule has 0 spiro atoms. The van der Waals surface area contributed by atoms with E-state index in [2.05, 4.69) is 22.4 Å². The fraction of sp³-hybridized carbons (Fsp3) is 0.609. The predicted octanol–water partition coefficient (Wildman–Crippen LogP) is 3.61. The number of aromatic nitrogens is 3. The Labute approximate surface area is 188 Å². The summed E-state index contributed by atoms with van der Waals surface area (Å²) >= 11 is 1.32. The predicted molar refractivity (Wildman–Crippen MR) is 122 cm³/mol. The van der Waals surface area contributed by atoms with E-state index in [0.717, 1.165) is 28.7 Å². The second-order valence-corrected chi connectivity index (χ2v) is 10.5. The van der Waals surface area contributed by atoms with Crippen LogP contribution in [0.4, 0.5) is 0 Å². The van der Waals surface area contributed by atoms with E-state index >= 15 is 0 Å². The monoisotopic (exact) mass is 443 g/mol. The number of rotatable bonds is 8. The van der Waals surface area contributed by atoms with Crippen molar-refractivity contribution in [3.63, 3.8) is 0 Å². The van der Waals surface area contributed by atoms with E-state index < -0.39 is 0 Å². The first-order valence-electron chi connectivity index (χ1n) is 11.2. The maximum absolute atomic E-state index is 12.8. The highest BCUT2D eigenvalue weighted by Crippen LogP contribution is 2.49. The van der Waals surface area contributed by atoms with E-state index in [-0.39, 0.29) is 23.8 Å². The third kappa shape index (κ3) is 4.68. The van der Waals surface area contributed by atoms with Crippen LogP contribution < -0.4 is 15.9 Å². The molecule has 2 aliphatic rings. The van der Waals surface area contributed by atoms with Crippen molar-refractivity contribution in [1.82, 2.24) is 20.2 Å². The maximum atomic E-state index is 12.8. The summed E-state index contributed by atoms with van der Waals surface area (Å²) in [6.45, 7) is 8.27. The molecular weight excluding hydrogens is 410 g/mol. The molecule has 168 valence electrons. The van der Waals surface area contributed by atoms with Crippen LogP contribution in [0.5, 0.6) is 5.75 Å². The lowest BCUT2D eigenvalue weighted by molar-refractivity contribution is -0.121. The zero-order valence-corrected chi connectivity index (χ0v) is 19.6. The molecule has 0 radical (unpaired) electrons. The molecule has 31 heavy (non-hydrogen) atoms. The van der Waals surface area contributed by atoms with Crippen molar-refractivity contribution >= 4 is 17.7 Å². The van der Waals surface area contributed by atoms with Crippen molar-refractivity contribution in [3.05, 3.63) is 35.2 Å². The fourth-order valence-electron chi connectivity index (χ4n) is 5.22. The molecule has 3 N–H and O–H groups in total. The van der Waals surface area contributed by atoms with E-state index in [4.69, 9.17) is 10.6 Å². The molecule has 0 saturated heterocycles. The van der Waals surface area contributed by atoms with Crippen LogP contribution in [-0.2, 0) is 11.4 Å². The SMILES string of the molecule is Cc1cccc(C)c1OCc1nnc(SC(C)C(=O)NC(C)C2CC3CCC2C3)n1N. The summed E-state index contributed by atoms with van der Waals surface area (Å²) in [4.78, 5) is 12.8. The quantitative estimate of drug-likeness (QED) is 0.478. The van der Waals surface area contributed by atoms with Gasteiger partial charge < -0.3 is 15.9 Å². The van der Waals surface area contributed by atoms with Crippen LogP contribution in [0, 0.1) is 31.6 Å². The van der Waals surface area contributed by atoms with Gasteiger partial charge in [0, 0.05) is 6.04 Å². The molecule has 7 nitrogen and oxygen atoms in total. The number of carbonyl (C=O) groups excluding carboxylic acids is 1. The molecule has 2 aromatic rings. The number of hydrogen-bond acceptors (Lipinski definition) is 6. The van der Waals surface area contributed by atoms with Gasteiger partial charge in [-0.15, -0.1) is 10.2 Å². The summed E-state index contributed by atoms with van der Waals surface area (Å²) in [6, 6.07) is 6.23. The first-order valence-corrected chi connectivity index (χ1v) is 12.1. The first-order chi connectivity index (χ1) is 14.8. The van der Waals surface area contributed by atoms with Crippen molar-refractivity contribution in [2.45, 2.75) is 76.4 Å². The van der Waals surface area contributed by atoms with Crippen molar-refractivity contribution in [1.29, 1.82) is 0 Å². The number of nitrogens with zero attached hydrogens (tertiary/aromatic N) is 3. The summed E-state index contributed by atoms with van der Waals surface area (Å²) in [7, 11) is 0. The normalized spacial score (nSPS) is 24.2. The molecule has 1 amide bonds. The lowest BCUT2D eigenvalue weighted by Crippen LogP contribution is -2.43. The minimum absolute atomic E-state index is 0.0246. The van der Waals surface area contributed by atoms with E-state index in [1.54, 1.807) is 0 Å². The number of nitrogens with one attached hydrogen (secondary N) is 1. The van der Waals surface area contributed by atoms with Gasteiger partial charge in [0.1, 0.15) is 12.4 Å². The van der Waals surface area contributed by atoms with Gasteiger partial charge >= 0.3 is 0 Å². The number of carbonyl (C=O) groups is 1. The number of nitrogens with two attached hydrogens (primary N) is 1. The highest BCUT2D eigenvalue weighted by atomic mass is 32.2. The van der Waals surface area contributed by atoms with E-state index in [0.29, 0.717) is 16.9 Å². The van der Waals surface area contributed by atoms with Crippen LogP contribution >= 0.6 is 11.8 Å². The Hall–Kier alpha value is -2.22. The van der Waals surface area contributed by atoms with Crippen LogP contribution in [-0.4, -0.2) is 32.1 Å². The number of thioether (sulfide) groups is 1. The Balaban J connectivity index is 1.32. The minimum Gasteiger partial charge on any atom is -0.485 e. The van der Waals surface area contributed by atoms with E-state index in [1.807, 2.05) is 39.0 Å². The largest absolute Gasteiger partial charge is 0.485 e. The van der Waals surface area contributed by atoms with Gasteiger partial charge in [-0.05, 0) is 75.8 Å². The average Bonchev–Trinajstić information content (AvgIpc) is 3.45. The summed E-state index contributed by atoms with van der Waals surface area (Å²) < 4.78 is 7.36.